The zero-order valence-electron chi connectivity index (χ0n) is 12.5. The number of rotatable bonds is 5. The molecule has 1 atom stereocenters. The molecule has 24 heavy (non-hydrogen) atoms. The molecule has 0 radical (unpaired) electrons. The first-order chi connectivity index (χ1) is 11.3. The van der Waals surface area contributed by atoms with Gasteiger partial charge in [0.2, 0.25) is 0 Å². The summed E-state index contributed by atoms with van der Waals surface area (Å²) < 4.78 is 37.7. The van der Waals surface area contributed by atoms with E-state index in [9.17, 15) is 18.0 Å². The van der Waals surface area contributed by atoms with Crippen LogP contribution in [0.5, 0.6) is 0 Å². The lowest BCUT2D eigenvalue weighted by atomic mass is 10.2. The van der Waals surface area contributed by atoms with Gasteiger partial charge in [-0.2, -0.15) is 18.1 Å². The highest BCUT2D eigenvalue weighted by Gasteiger charge is 2.33. The molecule has 1 saturated heterocycles. The number of carbonyl (C=O) groups is 1. The second kappa shape index (κ2) is 6.09. The van der Waals surface area contributed by atoms with Gasteiger partial charge in [0.15, 0.2) is 0 Å². The summed E-state index contributed by atoms with van der Waals surface area (Å²) in [6.45, 7) is -0.0762. The van der Waals surface area contributed by atoms with E-state index in [1.165, 1.54) is 16.0 Å². The van der Waals surface area contributed by atoms with Crippen LogP contribution in [0.25, 0.3) is 5.69 Å². The normalized spacial score (nSPS) is 18.0. The maximum Gasteiger partial charge on any atom is 0.459 e. The number of hydrogen-bond donors (Lipinski definition) is 0. The first-order valence-corrected chi connectivity index (χ1v) is 8.61. The van der Waals surface area contributed by atoms with E-state index in [0.29, 0.717) is 11.4 Å². The van der Waals surface area contributed by atoms with E-state index in [-0.39, 0.29) is 13.2 Å². The Kier molecular flexibility index (Phi) is 4.11. The fraction of sp³-hybridized carbons (Fsp3) is 0.308. The van der Waals surface area contributed by atoms with Crippen molar-refractivity contribution in [3.05, 3.63) is 41.1 Å². The van der Waals surface area contributed by atoms with Crippen molar-refractivity contribution in [1.82, 2.24) is 9.72 Å². The zero-order valence-corrected chi connectivity index (χ0v) is 13.3. The number of carbonyl (C=O) groups excluding carboxylic acids is 1. The molecule has 2 aromatic rings. The molecular weight excluding hydrogens is 342 g/mol. The fourth-order valence-electron chi connectivity index (χ4n) is 2.15. The van der Waals surface area contributed by atoms with Crippen LogP contribution < -0.4 is 10.7 Å². The Hall–Kier alpha value is -2.66. The van der Waals surface area contributed by atoms with Gasteiger partial charge in [-0.25, -0.2) is 9.59 Å². The highest BCUT2D eigenvalue weighted by atomic mass is 32.2. The Morgan fingerprint density at radius 2 is 1.92 bits per heavy atom. The predicted octanol–water partition coefficient (Wildman–Crippen LogP) is 0.127. The molecule has 10 nitrogen and oxygen atoms in total. The van der Waals surface area contributed by atoms with Gasteiger partial charge in [-0.15, -0.1) is 0 Å². The van der Waals surface area contributed by atoms with Gasteiger partial charge in [-0.05, 0) is 24.3 Å². The second-order valence-corrected chi connectivity index (χ2v) is 6.69. The van der Waals surface area contributed by atoms with Gasteiger partial charge >= 0.3 is 11.8 Å². The van der Waals surface area contributed by atoms with Gasteiger partial charge in [-0.1, -0.05) is 0 Å². The standard InChI is InChI=1S/C13H13N3O7S/c1-24(19,20)21-7-11-6-15(13(18)22-11)9-2-4-10(5-3-9)16-8-14-12(17)23-16/h2-5,8,11H,6-7H2,1H3. The van der Waals surface area contributed by atoms with E-state index < -0.39 is 28.1 Å². The Morgan fingerprint density at radius 3 is 2.50 bits per heavy atom. The second-order valence-electron chi connectivity index (χ2n) is 5.05. The Balaban J connectivity index is 1.70. The molecule has 2 heterocycles. The minimum atomic E-state index is -3.60. The third-order valence-electron chi connectivity index (χ3n) is 3.20. The van der Waals surface area contributed by atoms with Gasteiger partial charge in [0.1, 0.15) is 19.0 Å². The van der Waals surface area contributed by atoms with Crippen molar-refractivity contribution in [3.63, 3.8) is 0 Å². The van der Waals surface area contributed by atoms with Crippen LogP contribution in [0, 0.1) is 0 Å². The highest BCUT2D eigenvalue weighted by molar-refractivity contribution is 7.85. The molecule has 1 fully saturated rings. The summed E-state index contributed by atoms with van der Waals surface area (Å²) in [4.78, 5) is 27.6. The monoisotopic (exact) mass is 355 g/mol. The van der Waals surface area contributed by atoms with Crippen molar-refractivity contribution in [2.45, 2.75) is 6.10 Å². The van der Waals surface area contributed by atoms with Crippen LogP contribution in [0.2, 0.25) is 0 Å². The van der Waals surface area contributed by atoms with Gasteiger partial charge in [0.25, 0.3) is 10.1 Å². The van der Waals surface area contributed by atoms with Crippen LogP contribution in [-0.4, -0.2) is 49.7 Å². The van der Waals surface area contributed by atoms with Crippen molar-refractivity contribution in [1.29, 1.82) is 0 Å². The minimum absolute atomic E-state index is 0.161. The van der Waals surface area contributed by atoms with Gasteiger partial charge in [-0.3, -0.25) is 9.08 Å². The molecule has 0 saturated carbocycles. The number of nitrogens with zero attached hydrogens (tertiary/aromatic N) is 3. The van der Waals surface area contributed by atoms with Crippen molar-refractivity contribution in [2.75, 3.05) is 24.3 Å². The van der Waals surface area contributed by atoms with E-state index in [0.717, 1.165) is 6.26 Å². The lowest BCUT2D eigenvalue weighted by molar-refractivity contribution is 0.107. The third kappa shape index (κ3) is 3.63. The first kappa shape index (κ1) is 16.2. The van der Waals surface area contributed by atoms with E-state index in [1.807, 2.05) is 0 Å². The lowest BCUT2D eigenvalue weighted by Gasteiger charge is -2.13. The van der Waals surface area contributed by atoms with Crippen LogP contribution in [0.15, 0.2) is 39.9 Å². The van der Waals surface area contributed by atoms with Crippen LogP contribution >= 0.6 is 0 Å². The smallest absolute Gasteiger partial charge is 0.441 e. The molecule has 1 aliphatic rings. The highest BCUT2D eigenvalue weighted by Crippen LogP contribution is 2.23. The van der Waals surface area contributed by atoms with Crippen molar-refractivity contribution in [2.24, 2.45) is 0 Å². The zero-order chi connectivity index (χ0) is 17.3. The summed E-state index contributed by atoms with van der Waals surface area (Å²) >= 11 is 0. The maximum atomic E-state index is 11.9. The fourth-order valence-corrected chi connectivity index (χ4v) is 2.55. The van der Waals surface area contributed by atoms with Crippen LogP contribution in [-0.2, 0) is 19.0 Å². The number of aromatic nitrogens is 2. The topological polar surface area (TPSA) is 121 Å². The van der Waals surface area contributed by atoms with E-state index in [2.05, 4.69) is 9.17 Å². The average molecular weight is 355 g/mol. The molecule has 1 unspecified atom stereocenters. The summed E-state index contributed by atoms with van der Waals surface area (Å²) in [6.07, 6.45) is 0.881. The minimum Gasteiger partial charge on any atom is -0.441 e. The molecule has 0 aliphatic carbocycles. The summed E-state index contributed by atoms with van der Waals surface area (Å²) in [5.41, 5.74) is 1.10. The molecule has 0 N–H and O–H groups in total. The number of amides is 1. The summed E-state index contributed by atoms with van der Waals surface area (Å²) in [7, 11) is -3.60. The molecular formula is C13H13N3O7S. The predicted molar refractivity (Wildman–Crippen MR) is 80.5 cm³/mol. The lowest BCUT2D eigenvalue weighted by Crippen LogP contribution is -2.26. The molecule has 1 amide bonds. The molecule has 1 aliphatic heterocycles. The maximum absolute atomic E-state index is 11.9. The first-order valence-electron chi connectivity index (χ1n) is 6.80. The molecule has 0 bridgehead atoms. The third-order valence-corrected chi connectivity index (χ3v) is 3.77. The quantitative estimate of drug-likeness (QED) is 0.694. The van der Waals surface area contributed by atoms with E-state index >= 15 is 0 Å². The van der Waals surface area contributed by atoms with Gasteiger partial charge < -0.3 is 9.26 Å². The van der Waals surface area contributed by atoms with Crippen LogP contribution in [0.3, 0.4) is 0 Å². The molecule has 0 spiro atoms. The average Bonchev–Trinajstić information content (AvgIpc) is 3.11. The number of ether oxygens (including phenoxy) is 1. The summed E-state index contributed by atoms with van der Waals surface area (Å²) in [5, 5.41) is 0. The summed E-state index contributed by atoms with van der Waals surface area (Å²) in [6, 6.07) is 6.54. The van der Waals surface area contributed by atoms with E-state index in [1.54, 1.807) is 24.3 Å². The van der Waals surface area contributed by atoms with Crippen molar-refractivity contribution >= 4 is 21.9 Å². The largest absolute Gasteiger partial charge is 0.459 e. The van der Waals surface area contributed by atoms with E-state index in [4.69, 9.17) is 9.26 Å². The molecule has 11 heteroatoms. The molecule has 128 valence electrons. The van der Waals surface area contributed by atoms with Crippen LogP contribution in [0.1, 0.15) is 0 Å². The number of hydrogen-bond acceptors (Lipinski definition) is 8. The Morgan fingerprint density at radius 1 is 1.25 bits per heavy atom. The van der Waals surface area contributed by atoms with Crippen molar-refractivity contribution < 1.29 is 26.7 Å². The number of cyclic esters (lactones) is 1. The number of benzene rings is 1. The molecule has 1 aromatic heterocycles. The Bertz CT molecular complexity index is 900. The van der Waals surface area contributed by atoms with Crippen LogP contribution in [0.4, 0.5) is 10.5 Å². The van der Waals surface area contributed by atoms with Gasteiger partial charge in [0, 0.05) is 5.69 Å². The molecule has 1 aromatic carbocycles. The SMILES string of the molecule is CS(=O)(=O)OCC1CN(c2ccc(-n3cnc(=O)o3)cc2)C(=O)O1. The molecule has 3 rings (SSSR count). The van der Waals surface area contributed by atoms with Gasteiger partial charge in [0.05, 0.1) is 18.5 Å². The summed E-state index contributed by atoms with van der Waals surface area (Å²) in [5.74, 6) is -0.712. The number of anilines is 1. The van der Waals surface area contributed by atoms with Crippen molar-refractivity contribution in [3.8, 4) is 5.69 Å². The Labute approximate surface area is 136 Å².